The SMILES string of the molecule is COc1ccc(C(c2ccc(OC)cc2)=c2cnc(=C(c3ccc(OC)cc3)c3ccc(OC)cc3)s2)cc1. The highest BCUT2D eigenvalue weighted by Crippen LogP contribution is 2.27. The van der Waals surface area contributed by atoms with Crippen LogP contribution in [0.15, 0.2) is 103 Å². The number of hydrogen-bond donors (Lipinski definition) is 0. The first-order valence-corrected chi connectivity index (χ1v) is 13.2. The number of methoxy groups -OCH3 is 4. The van der Waals surface area contributed by atoms with Crippen LogP contribution in [0.3, 0.4) is 0 Å². The first kappa shape index (κ1) is 26.1. The fourth-order valence-corrected chi connectivity index (χ4v) is 5.50. The molecule has 1 heterocycles. The quantitative estimate of drug-likeness (QED) is 0.256. The Balaban J connectivity index is 1.77. The molecule has 0 aliphatic heterocycles. The molecule has 0 aliphatic carbocycles. The van der Waals surface area contributed by atoms with Crippen molar-refractivity contribution >= 4 is 22.5 Å². The molecule has 39 heavy (non-hydrogen) atoms. The second kappa shape index (κ2) is 11.9. The van der Waals surface area contributed by atoms with Gasteiger partial charge in [-0.1, -0.05) is 48.5 Å². The van der Waals surface area contributed by atoms with Gasteiger partial charge in [0.05, 0.1) is 33.0 Å². The van der Waals surface area contributed by atoms with Crippen molar-refractivity contribution in [1.82, 2.24) is 4.98 Å². The lowest BCUT2D eigenvalue weighted by atomic mass is 9.98. The fourth-order valence-electron chi connectivity index (χ4n) is 4.40. The fraction of sp³-hybridized carbons (Fsp3) is 0.121. The van der Waals surface area contributed by atoms with Crippen LogP contribution in [0, 0.1) is 0 Å². The van der Waals surface area contributed by atoms with E-state index in [1.807, 2.05) is 54.7 Å². The Labute approximate surface area is 232 Å². The van der Waals surface area contributed by atoms with Crippen LogP contribution in [0.5, 0.6) is 23.0 Å². The molecule has 0 unspecified atom stereocenters. The standard InChI is InChI=1S/C33H29NO4S/c1-35-26-13-5-22(6-14-26)31(23-7-15-27(36-2)16-8-23)30-21-34-33(39-30)32(24-9-17-28(37-3)18-10-24)25-11-19-29(38-4)20-12-25/h5-21H,1-4H3. The van der Waals surface area contributed by atoms with Gasteiger partial charge in [-0.05, 0) is 70.8 Å². The molecule has 4 aromatic carbocycles. The van der Waals surface area contributed by atoms with Crippen LogP contribution in [-0.4, -0.2) is 33.4 Å². The highest BCUT2D eigenvalue weighted by Gasteiger charge is 2.13. The first-order valence-electron chi connectivity index (χ1n) is 12.4. The van der Waals surface area contributed by atoms with E-state index in [4.69, 9.17) is 23.9 Å². The number of hydrogen-bond acceptors (Lipinski definition) is 6. The van der Waals surface area contributed by atoms with Gasteiger partial charge in [-0.25, -0.2) is 4.98 Å². The maximum atomic E-state index is 5.40. The van der Waals surface area contributed by atoms with E-state index in [2.05, 4.69) is 48.5 Å². The van der Waals surface area contributed by atoms with Crippen molar-refractivity contribution in [2.24, 2.45) is 0 Å². The molecule has 0 N–H and O–H groups in total. The van der Waals surface area contributed by atoms with Crippen LogP contribution in [0.4, 0.5) is 0 Å². The minimum absolute atomic E-state index is 0.808. The van der Waals surface area contributed by atoms with E-state index < -0.39 is 0 Å². The van der Waals surface area contributed by atoms with Crippen LogP contribution < -0.4 is 28.1 Å². The molecule has 0 aliphatic rings. The van der Waals surface area contributed by atoms with Gasteiger partial charge in [0.2, 0.25) is 0 Å². The second-order valence-corrected chi connectivity index (χ2v) is 9.72. The summed E-state index contributed by atoms with van der Waals surface area (Å²) in [6.07, 6.45) is 1.96. The van der Waals surface area contributed by atoms with Gasteiger partial charge in [0, 0.05) is 17.3 Å². The predicted octanol–water partition coefficient (Wildman–Crippen LogP) is 5.67. The Kier molecular flexibility index (Phi) is 7.94. The van der Waals surface area contributed by atoms with Gasteiger partial charge in [0.25, 0.3) is 0 Å². The van der Waals surface area contributed by atoms with Crippen molar-refractivity contribution in [3.8, 4) is 23.0 Å². The molecule has 6 heteroatoms. The van der Waals surface area contributed by atoms with Crippen LogP contribution >= 0.6 is 11.3 Å². The summed E-state index contributed by atoms with van der Waals surface area (Å²) >= 11 is 1.66. The lowest BCUT2D eigenvalue weighted by Crippen LogP contribution is -2.08. The monoisotopic (exact) mass is 535 g/mol. The summed E-state index contributed by atoms with van der Waals surface area (Å²) in [5.41, 5.74) is 6.39. The smallest absolute Gasteiger partial charge is 0.125 e. The highest BCUT2D eigenvalue weighted by molar-refractivity contribution is 7.07. The summed E-state index contributed by atoms with van der Waals surface area (Å²) < 4.78 is 23.6. The zero-order chi connectivity index (χ0) is 27.2. The van der Waals surface area contributed by atoms with Crippen LogP contribution in [0.2, 0.25) is 0 Å². The van der Waals surface area contributed by atoms with Crippen molar-refractivity contribution in [3.63, 3.8) is 0 Å². The summed E-state index contributed by atoms with van der Waals surface area (Å²) in [6.45, 7) is 0. The summed E-state index contributed by atoms with van der Waals surface area (Å²) in [5.74, 6) is 3.24. The second-order valence-electron chi connectivity index (χ2n) is 8.69. The maximum absolute atomic E-state index is 5.40. The van der Waals surface area contributed by atoms with Crippen LogP contribution in [-0.2, 0) is 0 Å². The zero-order valence-corrected chi connectivity index (χ0v) is 23.1. The van der Waals surface area contributed by atoms with Crippen molar-refractivity contribution < 1.29 is 18.9 Å². The largest absolute Gasteiger partial charge is 0.497 e. The number of thiazole rings is 1. The van der Waals surface area contributed by atoms with E-state index in [0.717, 1.165) is 65.6 Å². The molecule has 0 atom stereocenters. The summed E-state index contributed by atoms with van der Waals surface area (Å²) in [7, 11) is 6.69. The molecule has 5 rings (SSSR count). The summed E-state index contributed by atoms with van der Waals surface area (Å²) in [5, 5.41) is 0. The molecule has 0 amide bonds. The number of benzene rings is 4. The number of nitrogens with zero attached hydrogens (tertiary/aromatic N) is 1. The lowest BCUT2D eigenvalue weighted by molar-refractivity contribution is 0.414. The van der Waals surface area contributed by atoms with Gasteiger partial charge in [-0.3, -0.25) is 0 Å². The van der Waals surface area contributed by atoms with Crippen molar-refractivity contribution in [2.45, 2.75) is 0 Å². The lowest BCUT2D eigenvalue weighted by Gasteiger charge is -2.10. The minimum atomic E-state index is 0.808. The first-order chi connectivity index (χ1) is 19.1. The van der Waals surface area contributed by atoms with E-state index in [1.165, 1.54) is 0 Å². The Bertz CT molecular complexity index is 1430. The molecular weight excluding hydrogens is 506 g/mol. The zero-order valence-electron chi connectivity index (χ0n) is 22.3. The minimum Gasteiger partial charge on any atom is -0.497 e. The number of aromatic nitrogens is 1. The van der Waals surface area contributed by atoms with Crippen molar-refractivity contribution in [1.29, 1.82) is 0 Å². The third kappa shape index (κ3) is 5.66. The maximum Gasteiger partial charge on any atom is 0.125 e. The van der Waals surface area contributed by atoms with E-state index >= 15 is 0 Å². The normalized spacial score (nSPS) is 10.6. The molecule has 0 saturated carbocycles. The molecule has 0 bridgehead atoms. The Morgan fingerprint density at radius 3 is 1.08 bits per heavy atom. The molecule has 0 radical (unpaired) electrons. The van der Waals surface area contributed by atoms with E-state index in [9.17, 15) is 0 Å². The summed E-state index contributed by atoms with van der Waals surface area (Å²) in [6, 6.07) is 32.4. The molecule has 196 valence electrons. The van der Waals surface area contributed by atoms with E-state index in [1.54, 1.807) is 39.8 Å². The Morgan fingerprint density at radius 2 is 0.769 bits per heavy atom. The Hall–Kier alpha value is -4.55. The molecular formula is C33H29NO4S. The molecule has 1 aromatic heterocycles. The molecule has 0 saturated heterocycles. The van der Waals surface area contributed by atoms with E-state index in [0.29, 0.717) is 0 Å². The van der Waals surface area contributed by atoms with Crippen LogP contribution in [0.1, 0.15) is 22.3 Å². The average molecular weight is 536 g/mol. The Morgan fingerprint density at radius 1 is 0.462 bits per heavy atom. The number of ether oxygens (including phenoxy) is 4. The van der Waals surface area contributed by atoms with Crippen molar-refractivity contribution in [3.05, 3.63) is 135 Å². The third-order valence-electron chi connectivity index (χ3n) is 6.48. The van der Waals surface area contributed by atoms with Crippen LogP contribution in [0.25, 0.3) is 11.1 Å². The van der Waals surface area contributed by atoms with Gasteiger partial charge < -0.3 is 18.9 Å². The highest BCUT2D eigenvalue weighted by atomic mass is 32.1. The predicted molar refractivity (Wildman–Crippen MR) is 157 cm³/mol. The van der Waals surface area contributed by atoms with Gasteiger partial charge >= 0.3 is 0 Å². The van der Waals surface area contributed by atoms with Gasteiger partial charge in [0.15, 0.2) is 0 Å². The van der Waals surface area contributed by atoms with Gasteiger partial charge in [-0.2, -0.15) is 0 Å². The number of rotatable bonds is 8. The topological polar surface area (TPSA) is 49.8 Å². The molecule has 5 aromatic rings. The molecule has 5 nitrogen and oxygen atoms in total. The summed E-state index contributed by atoms with van der Waals surface area (Å²) in [4.78, 5) is 4.94. The van der Waals surface area contributed by atoms with Gasteiger partial charge in [0.1, 0.15) is 27.7 Å². The van der Waals surface area contributed by atoms with E-state index in [-0.39, 0.29) is 0 Å². The van der Waals surface area contributed by atoms with Gasteiger partial charge in [-0.15, -0.1) is 11.3 Å². The third-order valence-corrected chi connectivity index (χ3v) is 7.51. The molecule has 0 fully saturated rings. The van der Waals surface area contributed by atoms with Crippen molar-refractivity contribution in [2.75, 3.05) is 28.4 Å². The molecule has 0 spiro atoms. The average Bonchev–Trinajstić information content (AvgIpc) is 3.47.